The Morgan fingerprint density at radius 1 is 1.25 bits per heavy atom. The molecule has 2 unspecified atom stereocenters. The predicted octanol–water partition coefficient (Wildman–Crippen LogP) is 2.36. The Hall–Kier alpha value is -0.950. The van der Waals surface area contributed by atoms with Crippen molar-refractivity contribution in [2.75, 3.05) is 0 Å². The molecule has 0 aliphatic carbocycles. The summed E-state index contributed by atoms with van der Waals surface area (Å²) in [4.78, 5) is 3.79. The Balaban J connectivity index is 1.88. The fourth-order valence-electron chi connectivity index (χ4n) is 3.13. The van der Waals surface area contributed by atoms with Gasteiger partial charge in [-0.05, 0) is 37.8 Å². The highest BCUT2D eigenvalue weighted by atomic mass is 32.2. The summed E-state index contributed by atoms with van der Waals surface area (Å²) in [6.07, 6.45) is -1.44. The topological polar surface area (TPSA) is 50.2 Å². The van der Waals surface area contributed by atoms with Crippen LogP contribution in [-0.2, 0) is 22.6 Å². The van der Waals surface area contributed by atoms with Gasteiger partial charge in [-0.2, -0.15) is 13.2 Å². The lowest BCUT2D eigenvalue weighted by Gasteiger charge is -2.35. The van der Waals surface area contributed by atoms with E-state index in [4.69, 9.17) is 0 Å². The number of pyridine rings is 1. The largest absolute Gasteiger partial charge is 0.417 e. The Morgan fingerprint density at radius 3 is 2.30 bits per heavy atom. The maximum Gasteiger partial charge on any atom is 0.417 e. The summed E-state index contributed by atoms with van der Waals surface area (Å²) in [6, 6.07) is 2.17. The molecule has 2 saturated heterocycles. The first kappa shape index (κ1) is 14.0. The van der Waals surface area contributed by atoms with Crippen LogP contribution in [0.4, 0.5) is 13.2 Å². The second-order valence-electron chi connectivity index (χ2n) is 5.52. The Labute approximate surface area is 116 Å². The molecule has 2 aliphatic heterocycles. The van der Waals surface area contributed by atoms with Crippen LogP contribution in [0.15, 0.2) is 18.3 Å². The molecule has 3 nitrogen and oxygen atoms in total. The van der Waals surface area contributed by atoms with E-state index < -0.39 is 28.1 Å². The normalized spacial score (nSPS) is 37.1. The van der Waals surface area contributed by atoms with E-state index in [-0.39, 0.29) is 16.2 Å². The number of hydrogen-bond acceptors (Lipinski definition) is 3. The molecular weight excluding hydrogens is 291 g/mol. The van der Waals surface area contributed by atoms with Crippen molar-refractivity contribution in [1.29, 1.82) is 0 Å². The van der Waals surface area contributed by atoms with E-state index in [0.717, 1.165) is 25.1 Å². The van der Waals surface area contributed by atoms with E-state index in [2.05, 4.69) is 4.98 Å². The molecule has 2 atom stereocenters. The molecule has 3 heterocycles. The minimum atomic E-state index is -4.43. The van der Waals surface area contributed by atoms with Crippen LogP contribution < -0.4 is 0 Å². The van der Waals surface area contributed by atoms with Gasteiger partial charge in [-0.15, -0.1) is 0 Å². The summed E-state index contributed by atoms with van der Waals surface area (Å²) in [6.45, 7) is 0. The average Bonchev–Trinajstić information content (AvgIpc) is 2.62. The zero-order chi connectivity index (χ0) is 14.5. The van der Waals surface area contributed by atoms with Crippen LogP contribution in [0.25, 0.3) is 0 Å². The third-order valence-corrected chi connectivity index (χ3v) is 6.28. The Bertz CT molecular complexity index is 528. The monoisotopic (exact) mass is 305 g/mol. The van der Waals surface area contributed by atoms with Gasteiger partial charge in [0, 0.05) is 27.5 Å². The van der Waals surface area contributed by atoms with Crippen molar-refractivity contribution in [2.45, 2.75) is 48.0 Å². The number of halogens is 3. The first-order valence-corrected chi connectivity index (χ1v) is 7.73. The van der Waals surface area contributed by atoms with Crippen molar-refractivity contribution >= 4 is 10.8 Å². The molecule has 3 rings (SSSR count). The van der Waals surface area contributed by atoms with Crippen LogP contribution >= 0.6 is 0 Å². The van der Waals surface area contributed by atoms with Gasteiger partial charge in [-0.3, -0.25) is 9.19 Å². The molecule has 1 N–H and O–H groups in total. The number of fused-ring (bicyclic) bond motifs is 2. The third kappa shape index (κ3) is 2.26. The number of aromatic nitrogens is 1. The molecule has 2 bridgehead atoms. The highest BCUT2D eigenvalue weighted by Gasteiger charge is 2.49. The van der Waals surface area contributed by atoms with Crippen molar-refractivity contribution in [1.82, 2.24) is 4.98 Å². The van der Waals surface area contributed by atoms with Gasteiger partial charge in [0.25, 0.3) is 0 Å². The van der Waals surface area contributed by atoms with Crippen LogP contribution in [-0.4, -0.2) is 24.8 Å². The van der Waals surface area contributed by atoms with Gasteiger partial charge in [-0.1, -0.05) is 0 Å². The number of alkyl halides is 3. The zero-order valence-corrected chi connectivity index (χ0v) is 11.4. The van der Waals surface area contributed by atoms with Gasteiger partial charge in [0.1, 0.15) is 5.60 Å². The second-order valence-corrected chi connectivity index (χ2v) is 7.51. The van der Waals surface area contributed by atoms with Gasteiger partial charge in [0.05, 0.1) is 11.3 Å². The van der Waals surface area contributed by atoms with Gasteiger partial charge in [0.2, 0.25) is 0 Å². The lowest BCUT2D eigenvalue weighted by atomic mass is 9.89. The second kappa shape index (κ2) is 4.53. The number of aliphatic hydroxyl groups is 1. The summed E-state index contributed by atoms with van der Waals surface area (Å²) in [5, 5.41) is 10.5. The lowest BCUT2D eigenvalue weighted by molar-refractivity contribution is -0.137. The summed E-state index contributed by atoms with van der Waals surface area (Å²) >= 11 is 0. The minimum Gasteiger partial charge on any atom is -0.383 e. The number of hydrogen-bond donors (Lipinski definition) is 1. The minimum absolute atomic E-state index is 0.0668. The van der Waals surface area contributed by atoms with Crippen LogP contribution in [0.3, 0.4) is 0 Å². The van der Waals surface area contributed by atoms with Gasteiger partial charge >= 0.3 is 6.18 Å². The van der Waals surface area contributed by atoms with Crippen molar-refractivity contribution in [3.05, 3.63) is 29.6 Å². The molecule has 1 aromatic heterocycles. The summed E-state index contributed by atoms with van der Waals surface area (Å²) < 4.78 is 49.4. The lowest BCUT2D eigenvalue weighted by Crippen LogP contribution is -2.40. The van der Waals surface area contributed by atoms with Gasteiger partial charge in [-0.25, -0.2) is 0 Å². The van der Waals surface area contributed by atoms with Crippen LogP contribution in [0.2, 0.25) is 0 Å². The molecule has 0 amide bonds. The van der Waals surface area contributed by atoms with E-state index in [1.807, 2.05) is 0 Å². The molecule has 0 saturated carbocycles. The highest BCUT2D eigenvalue weighted by Crippen LogP contribution is 2.45. The molecular formula is C13H14F3NO2S. The standard InChI is InChI=1S/C13H14F3NO2S/c14-13(15,16)8-1-4-11(17-7-8)12(18)5-9-2-3-10(6-12)20(9)19/h1,4,7,9-10,18H,2-3,5-6H2. The predicted molar refractivity (Wildman–Crippen MR) is 67.3 cm³/mol. The molecule has 110 valence electrons. The van der Waals surface area contributed by atoms with Crippen molar-refractivity contribution in [2.24, 2.45) is 0 Å². The quantitative estimate of drug-likeness (QED) is 0.866. The number of rotatable bonds is 1. The molecule has 0 spiro atoms. The Kier molecular flexibility index (Phi) is 3.17. The molecule has 1 aromatic rings. The average molecular weight is 305 g/mol. The first-order chi connectivity index (χ1) is 9.29. The Morgan fingerprint density at radius 2 is 1.85 bits per heavy atom. The molecule has 7 heteroatoms. The summed E-state index contributed by atoms with van der Waals surface area (Å²) in [7, 11) is -0.925. The maximum absolute atomic E-state index is 12.5. The van der Waals surface area contributed by atoms with Gasteiger partial charge in [0.15, 0.2) is 0 Å². The first-order valence-electron chi connectivity index (χ1n) is 6.45. The molecule has 0 radical (unpaired) electrons. The van der Waals surface area contributed by atoms with E-state index in [1.165, 1.54) is 6.07 Å². The summed E-state index contributed by atoms with van der Waals surface area (Å²) in [5.74, 6) is 0. The third-order valence-electron chi connectivity index (χ3n) is 4.17. The fourth-order valence-corrected chi connectivity index (χ4v) is 5.29. The highest BCUT2D eigenvalue weighted by molar-refractivity contribution is 7.86. The van der Waals surface area contributed by atoms with Crippen LogP contribution in [0.5, 0.6) is 0 Å². The van der Waals surface area contributed by atoms with Crippen molar-refractivity contribution in [3.63, 3.8) is 0 Å². The molecule has 0 aromatic carbocycles. The van der Waals surface area contributed by atoms with E-state index in [9.17, 15) is 22.5 Å². The smallest absolute Gasteiger partial charge is 0.383 e. The van der Waals surface area contributed by atoms with Crippen molar-refractivity contribution in [3.8, 4) is 0 Å². The van der Waals surface area contributed by atoms with Crippen LogP contribution in [0.1, 0.15) is 36.9 Å². The molecule has 2 fully saturated rings. The van der Waals surface area contributed by atoms with Gasteiger partial charge < -0.3 is 5.11 Å². The van der Waals surface area contributed by atoms with E-state index in [0.29, 0.717) is 12.8 Å². The van der Waals surface area contributed by atoms with E-state index in [1.54, 1.807) is 0 Å². The maximum atomic E-state index is 12.5. The SMILES string of the molecule is O=S1C2CCC1CC(O)(c1ccc(C(F)(F)F)cn1)C2. The van der Waals surface area contributed by atoms with Crippen LogP contribution in [0, 0.1) is 0 Å². The van der Waals surface area contributed by atoms with Crippen molar-refractivity contribution < 1.29 is 22.5 Å². The summed E-state index contributed by atoms with van der Waals surface area (Å²) in [5.41, 5.74) is -1.82. The fraction of sp³-hybridized carbons (Fsp3) is 0.615. The molecule has 2 aliphatic rings. The molecule has 20 heavy (non-hydrogen) atoms. The number of nitrogens with zero attached hydrogens (tertiary/aromatic N) is 1. The zero-order valence-electron chi connectivity index (χ0n) is 10.6. The van der Waals surface area contributed by atoms with E-state index >= 15 is 0 Å².